The second-order valence-electron chi connectivity index (χ2n) is 4.74. The Morgan fingerprint density at radius 2 is 1.89 bits per heavy atom. The molecule has 0 unspecified atom stereocenters. The van der Waals surface area contributed by atoms with Crippen LogP contribution < -0.4 is 9.47 Å². The Morgan fingerprint density at radius 3 is 2.58 bits per heavy atom. The number of rotatable bonds is 10. The summed E-state index contributed by atoms with van der Waals surface area (Å²) in [5.74, 6) is 1.65. The molecule has 0 fully saturated rings. The number of benzene rings is 1. The van der Waals surface area contributed by atoms with E-state index in [9.17, 15) is 0 Å². The largest absolute Gasteiger partial charge is 0.493 e. The van der Waals surface area contributed by atoms with Crippen LogP contribution in [0.5, 0.6) is 11.5 Å². The van der Waals surface area contributed by atoms with Crippen molar-refractivity contribution in [3.63, 3.8) is 0 Å². The van der Waals surface area contributed by atoms with Gasteiger partial charge in [-0.25, -0.2) is 0 Å². The van der Waals surface area contributed by atoms with Crippen molar-refractivity contribution in [2.75, 3.05) is 13.7 Å². The van der Waals surface area contributed by atoms with Crippen molar-refractivity contribution < 1.29 is 9.47 Å². The van der Waals surface area contributed by atoms with Gasteiger partial charge in [0.25, 0.3) is 0 Å². The highest BCUT2D eigenvalue weighted by Gasteiger charge is 2.05. The van der Waals surface area contributed by atoms with E-state index in [0.29, 0.717) is 0 Å². The van der Waals surface area contributed by atoms with Crippen molar-refractivity contribution in [3.05, 3.63) is 36.4 Å². The predicted octanol–water partition coefficient (Wildman–Crippen LogP) is 4.77. The smallest absolute Gasteiger partial charge is 0.161 e. The van der Waals surface area contributed by atoms with E-state index < -0.39 is 0 Å². The summed E-state index contributed by atoms with van der Waals surface area (Å²) in [5, 5.41) is 0. The van der Waals surface area contributed by atoms with Gasteiger partial charge in [0.2, 0.25) is 0 Å². The van der Waals surface area contributed by atoms with E-state index in [1.54, 1.807) is 7.11 Å². The van der Waals surface area contributed by atoms with Crippen LogP contribution in [0, 0.1) is 0 Å². The minimum atomic E-state index is 0.765. The van der Waals surface area contributed by atoms with Gasteiger partial charge in [-0.2, -0.15) is 0 Å². The predicted molar refractivity (Wildman–Crippen MR) is 81.1 cm³/mol. The topological polar surface area (TPSA) is 18.5 Å². The Balaban J connectivity index is 2.42. The highest BCUT2D eigenvalue weighted by molar-refractivity contribution is 5.43. The van der Waals surface area contributed by atoms with E-state index in [2.05, 4.69) is 19.6 Å². The molecule has 0 radical (unpaired) electrons. The first kappa shape index (κ1) is 15.6. The third-order valence-corrected chi connectivity index (χ3v) is 3.11. The van der Waals surface area contributed by atoms with Crippen LogP contribution in [0.15, 0.2) is 30.9 Å². The van der Waals surface area contributed by atoms with Gasteiger partial charge in [-0.3, -0.25) is 0 Å². The Bertz CT molecular complexity index is 372. The Morgan fingerprint density at radius 1 is 1.11 bits per heavy atom. The first-order chi connectivity index (χ1) is 9.31. The Hall–Kier alpha value is -1.44. The molecule has 2 heteroatoms. The summed E-state index contributed by atoms with van der Waals surface area (Å²) in [6.07, 6.45) is 8.99. The number of ether oxygens (including phenoxy) is 2. The van der Waals surface area contributed by atoms with Crippen molar-refractivity contribution in [3.8, 4) is 11.5 Å². The van der Waals surface area contributed by atoms with Gasteiger partial charge in [0.15, 0.2) is 11.5 Å². The molecule has 106 valence electrons. The first-order valence-electron chi connectivity index (χ1n) is 7.22. The molecule has 0 aliphatic heterocycles. The lowest BCUT2D eigenvalue weighted by Crippen LogP contribution is -2.00. The molecule has 2 nitrogen and oxygen atoms in total. The summed E-state index contributed by atoms with van der Waals surface area (Å²) in [7, 11) is 1.68. The molecule has 1 rings (SSSR count). The highest BCUT2D eigenvalue weighted by Crippen LogP contribution is 2.28. The molecule has 19 heavy (non-hydrogen) atoms. The van der Waals surface area contributed by atoms with Crippen LogP contribution in [-0.2, 0) is 6.42 Å². The molecule has 0 aromatic heterocycles. The number of hydrogen-bond acceptors (Lipinski definition) is 2. The maximum Gasteiger partial charge on any atom is 0.161 e. The molecule has 0 saturated heterocycles. The van der Waals surface area contributed by atoms with Crippen LogP contribution >= 0.6 is 0 Å². The van der Waals surface area contributed by atoms with Gasteiger partial charge in [0, 0.05) is 0 Å². The number of hydrogen-bond donors (Lipinski definition) is 0. The Labute approximate surface area is 117 Å². The maximum atomic E-state index is 5.79. The molecule has 0 amide bonds. The molecule has 0 saturated carbocycles. The third kappa shape index (κ3) is 5.82. The van der Waals surface area contributed by atoms with Gasteiger partial charge in [-0.15, -0.1) is 6.58 Å². The first-order valence-corrected chi connectivity index (χ1v) is 7.22. The summed E-state index contributed by atoms with van der Waals surface area (Å²) < 4.78 is 11.2. The SMILES string of the molecule is C=CCc1ccc(OCCCCCCC)c(OC)c1. The molecule has 0 N–H and O–H groups in total. The van der Waals surface area contributed by atoms with Gasteiger partial charge in [0.1, 0.15) is 0 Å². The van der Waals surface area contributed by atoms with Crippen LogP contribution in [0.1, 0.15) is 44.6 Å². The van der Waals surface area contributed by atoms with Crippen molar-refractivity contribution in [2.24, 2.45) is 0 Å². The fraction of sp³-hybridized carbons (Fsp3) is 0.529. The summed E-state index contributed by atoms with van der Waals surface area (Å²) in [5.41, 5.74) is 1.20. The standard InChI is InChI=1S/C17H26O2/c1-4-6-7-8-9-13-19-16-12-11-15(10-5-2)14-17(16)18-3/h5,11-12,14H,2,4,6-10,13H2,1,3H3. The summed E-state index contributed by atoms with van der Waals surface area (Å²) in [6.45, 7) is 6.74. The lowest BCUT2D eigenvalue weighted by atomic mass is 10.1. The molecule has 1 aromatic carbocycles. The number of unbranched alkanes of at least 4 members (excludes halogenated alkanes) is 4. The highest BCUT2D eigenvalue weighted by atomic mass is 16.5. The van der Waals surface area contributed by atoms with Crippen molar-refractivity contribution in [1.29, 1.82) is 0 Å². The van der Waals surface area contributed by atoms with Gasteiger partial charge >= 0.3 is 0 Å². The molecule has 0 heterocycles. The molecular formula is C17H26O2. The molecule has 0 spiro atoms. The van der Waals surface area contributed by atoms with Crippen molar-refractivity contribution >= 4 is 0 Å². The van der Waals surface area contributed by atoms with Crippen LogP contribution in [0.3, 0.4) is 0 Å². The average molecular weight is 262 g/mol. The van der Waals surface area contributed by atoms with Gasteiger partial charge in [0.05, 0.1) is 13.7 Å². The number of allylic oxidation sites excluding steroid dienone is 1. The monoisotopic (exact) mass is 262 g/mol. The lowest BCUT2D eigenvalue weighted by Gasteiger charge is -2.11. The normalized spacial score (nSPS) is 10.2. The second-order valence-corrected chi connectivity index (χ2v) is 4.74. The molecular weight excluding hydrogens is 236 g/mol. The van der Waals surface area contributed by atoms with Gasteiger partial charge in [-0.05, 0) is 30.5 Å². The number of methoxy groups -OCH3 is 1. The van der Waals surface area contributed by atoms with E-state index in [-0.39, 0.29) is 0 Å². The minimum absolute atomic E-state index is 0.765. The van der Waals surface area contributed by atoms with Gasteiger partial charge in [-0.1, -0.05) is 44.7 Å². The van der Waals surface area contributed by atoms with Crippen LogP contribution in [0.4, 0.5) is 0 Å². The zero-order valence-corrected chi connectivity index (χ0v) is 12.3. The van der Waals surface area contributed by atoms with E-state index >= 15 is 0 Å². The minimum Gasteiger partial charge on any atom is -0.493 e. The van der Waals surface area contributed by atoms with E-state index in [1.165, 1.54) is 31.2 Å². The van der Waals surface area contributed by atoms with E-state index in [1.807, 2.05) is 18.2 Å². The zero-order valence-electron chi connectivity index (χ0n) is 12.3. The van der Waals surface area contributed by atoms with Gasteiger partial charge < -0.3 is 9.47 Å². The molecule has 0 bridgehead atoms. The fourth-order valence-corrected chi connectivity index (χ4v) is 2.01. The molecule has 0 atom stereocenters. The van der Waals surface area contributed by atoms with Crippen molar-refractivity contribution in [1.82, 2.24) is 0 Å². The van der Waals surface area contributed by atoms with E-state index in [4.69, 9.17) is 9.47 Å². The molecule has 0 aliphatic carbocycles. The van der Waals surface area contributed by atoms with Crippen LogP contribution in [0.25, 0.3) is 0 Å². The fourth-order valence-electron chi connectivity index (χ4n) is 2.01. The van der Waals surface area contributed by atoms with Crippen molar-refractivity contribution in [2.45, 2.75) is 45.4 Å². The van der Waals surface area contributed by atoms with E-state index in [0.717, 1.165) is 30.9 Å². The average Bonchev–Trinajstić information content (AvgIpc) is 2.44. The molecule has 0 aliphatic rings. The third-order valence-electron chi connectivity index (χ3n) is 3.11. The zero-order chi connectivity index (χ0) is 13.9. The summed E-state index contributed by atoms with van der Waals surface area (Å²) in [4.78, 5) is 0. The Kier molecular flexibility index (Phi) is 7.80. The second kappa shape index (κ2) is 9.48. The summed E-state index contributed by atoms with van der Waals surface area (Å²) in [6, 6.07) is 6.08. The lowest BCUT2D eigenvalue weighted by molar-refractivity contribution is 0.284. The van der Waals surface area contributed by atoms with Crippen LogP contribution in [0.2, 0.25) is 0 Å². The van der Waals surface area contributed by atoms with Crippen LogP contribution in [-0.4, -0.2) is 13.7 Å². The summed E-state index contributed by atoms with van der Waals surface area (Å²) >= 11 is 0. The quantitative estimate of drug-likeness (QED) is 0.446. The molecule has 1 aromatic rings. The maximum absolute atomic E-state index is 5.79.